The lowest BCUT2D eigenvalue weighted by molar-refractivity contribution is -0.139. The second-order valence-electron chi connectivity index (χ2n) is 5.81. The van der Waals surface area contributed by atoms with Crippen LogP contribution in [0, 0.1) is 5.82 Å². The van der Waals surface area contributed by atoms with Crippen LogP contribution in [0.4, 0.5) is 4.39 Å². The van der Waals surface area contributed by atoms with Crippen molar-refractivity contribution in [3.63, 3.8) is 0 Å². The first kappa shape index (κ1) is 18.9. The maximum Gasteiger partial charge on any atom is 0.324 e. The third-order valence-electron chi connectivity index (χ3n) is 4.14. The van der Waals surface area contributed by atoms with E-state index in [1.54, 1.807) is 6.07 Å². The molecule has 1 heterocycles. The second-order valence-corrected chi connectivity index (χ2v) is 8.26. The average molecular weight is 371 g/mol. The number of carboxylic acids is 1. The molecule has 2 rings (SSSR count). The Kier molecular flexibility index (Phi) is 5.17. The van der Waals surface area contributed by atoms with Crippen LogP contribution in [0.25, 0.3) is 11.3 Å². The van der Waals surface area contributed by atoms with E-state index in [0.717, 1.165) is 13.2 Å². The van der Waals surface area contributed by atoms with Gasteiger partial charge in [-0.1, -0.05) is 11.2 Å². The lowest BCUT2D eigenvalue weighted by Crippen LogP contribution is -2.43. The fourth-order valence-electron chi connectivity index (χ4n) is 2.23. The minimum atomic E-state index is -3.83. The number of aliphatic carboxylic acids is 1. The number of carboxylic acid groups (broad SMARTS) is 1. The zero-order valence-electron chi connectivity index (χ0n) is 13.9. The monoisotopic (exact) mass is 371 g/mol. The summed E-state index contributed by atoms with van der Waals surface area (Å²) in [5.74, 6) is -1.86. The summed E-state index contributed by atoms with van der Waals surface area (Å²) in [6, 6.07) is 5.98. The maximum absolute atomic E-state index is 14.2. The Balaban J connectivity index is 2.24. The second kappa shape index (κ2) is 6.83. The molecule has 0 fully saturated rings. The molecule has 1 N–H and O–H groups in total. The van der Waals surface area contributed by atoms with E-state index in [9.17, 15) is 22.7 Å². The van der Waals surface area contributed by atoms with Gasteiger partial charge in [0, 0.05) is 12.3 Å². The standard InChI is InChI=1S/C16H18FNO6S/c1-16(15(19)20,25(3,21)22)8-7-10-9-13(24-18-10)11-5-4-6-12(23-2)14(11)17/h4-6,9H,7-8H2,1-3H3,(H,19,20)/t16-/m1/s1. The molecule has 0 spiro atoms. The molecule has 0 saturated heterocycles. The molecule has 0 amide bonds. The zero-order valence-corrected chi connectivity index (χ0v) is 14.8. The number of rotatable bonds is 7. The van der Waals surface area contributed by atoms with Crippen molar-refractivity contribution in [3.05, 3.63) is 35.8 Å². The van der Waals surface area contributed by atoms with Crippen LogP contribution in [0.15, 0.2) is 28.8 Å². The summed E-state index contributed by atoms with van der Waals surface area (Å²) in [6.45, 7) is 1.15. The fraction of sp³-hybridized carbons (Fsp3) is 0.375. The first-order valence-corrected chi connectivity index (χ1v) is 9.20. The molecule has 0 saturated carbocycles. The molecule has 136 valence electrons. The van der Waals surface area contributed by atoms with Crippen molar-refractivity contribution in [2.45, 2.75) is 24.5 Å². The molecule has 0 aliphatic heterocycles. The van der Waals surface area contributed by atoms with Crippen LogP contribution in [0.1, 0.15) is 19.0 Å². The van der Waals surface area contributed by atoms with E-state index < -0.39 is 26.4 Å². The number of hydrogen-bond acceptors (Lipinski definition) is 6. The fourth-order valence-corrected chi connectivity index (χ4v) is 3.02. The SMILES string of the molecule is COc1cccc(-c2cc(CC[C@](C)(C(=O)O)S(C)(=O)=O)no2)c1F. The molecule has 1 aromatic carbocycles. The van der Waals surface area contributed by atoms with E-state index >= 15 is 0 Å². The van der Waals surface area contributed by atoms with Crippen LogP contribution in [0.5, 0.6) is 5.75 Å². The largest absolute Gasteiger partial charge is 0.494 e. The van der Waals surface area contributed by atoms with Gasteiger partial charge in [-0.3, -0.25) is 4.79 Å². The number of ether oxygens (including phenoxy) is 1. The minimum absolute atomic E-state index is 0.0466. The zero-order chi connectivity index (χ0) is 18.8. The summed E-state index contributed by atoms with van der Waals surface area (Å²) in [4.78, 5) is 11.3. The van der Waals surface area contributed by atoms with Crippen molar-refractivity contribution >= 4 is 15.8 Å². The highest BCUT2D eigenvalue weighted by atomic mass is 32.2. The predicted octanol–water partition coefficient (Wildman–Crippen LogP) is 2.31. The number of methoxy groups -OCH3 is 1. The lowest BCUT2D eigenvalue weighted by atomic mass is 10.0. The number of aryl methyl sites for hydroxylation is 1. The Labute approximate surface area is 144 Å². The first-order chi connectivity index (χ1) is 11.6. The summed E-state index contributed by atoms with van der Waals surface area (Å²) in [6.07, 6.45) is 0.736. The number of halogens is 1. The normalized spacial score (nSPS) is 14.1. The van der Waals surface area contributed by atoms with Gasteiger partial charge in [0.05, 0.1) is 18.4 Å². The quantitative estimate of drug-likeness (QED) is 0.796. The summed E-state index contributed by atoms with van der Waals surface area (Å²) in [5, 5.41) is 13.0. The molecule has 0 unspecified atom stereocenters. The summed E-state index contributed by atoms with van der Waals surface area (Å²) in [7, 11) is -2.49. The van der Waals surface area contributed by atoms with Gasteiger partial charge in [0.25, 0.3) is 0 Å². The van der Waals surface area contributed by atoms with E-state index in [-0.39, 0.29) is 29.9 Å². The highest BCUT2D eigenvalue weighted by Crippen LogP contribution is 2.30. The van der Waals surface area contributed by atoms with Gasteiger partial charge in [-0.15, -0.1) is 0 Å². The van der Waals surface area contributed by atoms with Gasteiger partial charge in [0.2, 0.25) is 0 Å². The Morgan fingerprint density at radius 1 is 1.44 bits per heavy atom. The number of nitrogens with zero attached hydrogens (tertiary/aromatic N) is 1. The molecule has 0 bridgehead atoms. The smallest absolute Gasteiger partial charge is 0.324 e. The minimum Gasteiger partial charge on any atom is -0.494 e. The van der Waals surface area contributed by atoms with Gasteiger partial charge < -0.3 is 14.4 Å². The number of benzene rings is 1. The maximum atomic E-state index is 14.2. The Hall–Kier alpha value is -2.42. The Morgan fingerprint density at radius 2 is 2.12 bits per heavy atom. The van der Waals surface area contributed by atoms with Crippen LogP contribution >= 0.6 is 0 Å². The molecule has 1 aromatic heterocycles. The van der Waals surface area contributed by atoms with Gasteiger partial charge in [0.15, 0.2) is 31.9 Å². The number of hydrogen-bond donors (Lipinski definition) is 1. The molecule has 0 aliphatic rings. The van der Waals surface area contributed by atoms with Crippen LogP contribution in [0.2, 0.25) is 0 Å². The molecule has 9 heteroatoms. The highest BCUT2D eigenvalue weighted by molar-refractivity contribution is 7.92. The summed E-state index contributed by atoms with van der Waals surface area (Å²) < 4.78 is 45.8. The molecule has 0 aliphatic carbocycles. The molecule has 2 aromatic rings. The van der Waals surface area contributed by atoms with Gasteiger partial charge in [0.1, 0.15) is 0 Å². The van der Waals surface area contributed by atoms with E-state index in [4.69, 9.17) is 9.26 Å². The molecule has 25 heavy (non-hydrogen) atoms. The van der Waals surface area contributed by atoms with Crippen LogP contribution in [0.3, 0.4) is 0 Å². The summed E-state index contributed by atoms with van der Waals surface area (Å²) >= 11 is 0. The van der Waals surface area contributed by atoms with Crippen LogP contribution < -0.4 is 4.74 Å². The third-order valence-corrected chi connectivity index (χ3v) is 6.15. The van der Waals surface area contributed by atoms with Crippen molar-refractivity contribution < 1.29 is 32.0 Å². The van der Waals surface area contributed by atoms with E-state index in [1.807, 2.05) is 0 Å². The van der Waals surface area contributed by atoms with E-state index in [2.05, 4.69) is 5.16 Å². The van der Waals surface area contributed by atoms with E-state index in [0.29, 0.717) is 5.69 Å². The van der Waals surface area contributed by atoms with Gasteiger partial charge in [-0.2, -0.15) is 0 Å². The number of aromatic nitrogens is 1. The van der Waals surface area contributed by atoms with E-state index in [1.165, 1.54) is 25.3 Å². The molecular formula is C16H18FNO6S. The van der Waals surface area contributed by atoms with Crippen molar-refractivity contribution in [1.29, 1.82) is 0 Å². The van der Waals surface area contributed by atoms with Gasteiger partial charge >= 0.3 is 5.97 Å². The first-order valence-electron chi connectivity index (χ1n) is 7.31. The molecular weight excluding hydrogens is 353 g/mol. The lowest BCUT2D eigenvalue weighted by Gasteiger charge is -2.21. The average Bonchev–Trinajstić information content (AvgIpc) is 3.00. The van der Waals surface area contributed by atoms with Gasteiger partial charge in [-0.05, 0) is 31.9 Å². The van der Waals surface area contributed by atoms with Crippen molar-refractivity contribution in [3.8, 4) is 17.1 Å². The van der Waals surface area contributed by atoms with Crippen LogP contribution in [-0.2, 0) is 21.1 Å². The van der Waals surface area contributed by atoms with Crippen molar-refractivity contribution in [2.24, 2.45) is 0 Å². The van der Waals surface area contributed by atoms with Crippen molar-refractivity contribution in [2.75, 3.05) is 13.4 Å². The summed E-state index contributed by atoms with van der Waals surface area (Å²) in [5.41, 5.74) is 0.468. The molecule has 1 atom stereocenters. The van der Waals surface area contributed by atoms with Crippen LogP contribution in [-0.4, -0.2) is 42.8 Å². The topological polar surface area (TPSA) is 107 Å². The third kappa shape index (κ3) is 3.65. The van der Waals surface area contributed by atoms with Gasteiger partial charge in [-0.25, -0.2) is 12.8 Å². The number of carbonyl (C=O) groups is 1. The predicted molar refractivity (Wildman–Crippen MR) is 87.7 cm³/mol. The number of sulfone groups is 1. The Morgan fingerprint density at radius 3 is 2.68 bits per heavy atom. The Bertz CT molecular complexity index is 892. The highest BCUT2D eigenvalue weighted by Gasteiger charge is 2.43. The molecule has 0 radical (unpaired) electrons. The molecule has 7 nitrogen and oxygen atoms in total. The van der Waals surface area contributed by atoms with Crippen molar-refractivity contribution in [1.82, 2.24) is 5.16 Å².